The summed E-state index contributed by atoms with van der Waals surface area (Å²) in [5.74, 6) is -0.539. The molecule has 2 unspecified atom stereocenters. The molecule has 0 saturated carbocycles. The molecule has 0 amide bonds. The third-order valence-electron chi connectivity index (χ3n) is 2.43. The molecular weight excluding hydrogens is 269 g/mol. The summed E-state index contributed by atoms with van der Waals surface area (Å²) < 4.78 is 36.5. The van der Waals surface area contributed by atoms with Gasteiger partial charge in [0.2, 0.25) is 0 Å². The van der Waals surface area contributed by atoms with E-state index in [-0.39, 0.29) is 45.1 Å². The van der Waals surface area contributed by atoms with Crippen molar-refractivity contribution in [3.8, 4) is 0 Å². The zero-order valence-corrected chi connectivity index (χ0v) is 12.6. The Bertz CT molecular complexity index is 313. The summed E-state index contributed by atoms with van der Waals surface area (Å²) in [6.45, 7) is 2.26. The fourth-order valence-electron chi connectivity index (χ4n) is 1.47. The van der Waals surface area contributed by atoms with Crippen molar-refractivity contribution in [2.45, 2.75) is 25.6 Å². The molecule has 19 heavy (non-hydrogen) atoms. The molecule has 2 N–H and O–H groups in total. The van der Waals surface area contributed by atoms with E-state index >= 15 is 0 Å². The number of aliphatic hydroxyl groups is 2. The van der Waals surface area contributed by atoms with E-state index in [1.54, 1.807) is 11.8 Å². The normalized spacial score (nSPS) is 15.1. The summed E-state index contributed by atoms with van der Waals surface area (Å²) in [6.07, 6.45) is -0.886. The molecule has 2 atom stereocenters. The summed E-state index contributed by atoms with van der Waals surface area (Å²) in [7, 11) is -2.85. The van der Waals surface area contributed by atoms with Gasteiger partial charge in [0.1, 0.15) is 0 Å². The van der Waals surface area contributed by atoms with Crippen LogP contribution >= 0.6 is 0 Å². The largest absolute Gasteiger partial charge is 1.00 e. The van der Waals surface area contributed by atoms with Crippen LogP contribution in [0.5, 0.6) is 0 Å². The summed E-state index contributed by atoms with van der Waals surface area (Å²) in [5, 5.41) is 19.1. The molecule has 0 spiro atoms. The summed E-state index contributed by atoms with van der Waals surface area (Å²) in [6, 6.07) is 0. The molecule has 9 heteroatoms. The van der Waals surface area contributed by atoms with Crippen molar-refractivity contribution in [3.05, 3.63) is 0 Å². The van der Waals surface area contributed by atoms with Crippen molar-refractivity contribution in [1.82, 2.24) is 4.90 Å². The van der Waals surface area contributed by atoms with Gasteiger partial charge in [-0.3, -0.25) is 4.90 Å². The third-order valence-corrected chi connectivity index (χ3v) is 3.11. The topological polar surface area (TPSA) is 110 Å². The molecule has 0 aromatic carbocycles. The second-order valence-corrected chi connectivity index (χ2v) is 5.72. The van der Waals surface area contributed by atoms with Gasteiger partial charge in [0.05, 0.1) is 34.7 Å². The number of hydrogen-bond acceptors (Lipinski definition) is 7. The Morgan fingerprint density at radius 1 is 1.26 bits per heavy atom. The Morgan fingerprint density at radius 2 is 1.79 bits per heavy atom. The molecule has 7 nitrogen and oxygen atoms in total. The maximum absolute atomic E-state index is 10.6. The average molecular weight is 291 g/mol. The molecule has 0 saturated heterocycles. The minimum atomic E-state index is -4.30. The first-order valence-electron chi connectivity index (χ1n) is 5.79. The minimum absolute atomic E-state index is 0. The summed E-state index contributed by atoms with van der Waals surface area (Å²) >= 11 is 0. The molecule has 0 rings (SSSR count). The average Bonchev–Trinajstić information content (AvgIpc) is 2.25. The van der Waals surface area contributed by atoms with Crippen LogP contribution in [0.4, 0.5) is 0 Å². The maximum Gasteiger partial charge on any atom is 1.00 e. The number of ether oxygens (including phenoxy) is 1. The van der Waals surface area contributed by atoms with E-state index in [0.717, 1.165) is 0 Å². The minimum Gasteiger partial charge on any atom is -0.748 e. The van der Waals surface area contributed by atoms with E-state index in [1.165, 1.54) is 7.11 Å². The van der Waals surface area contributed by atoms with Gasteiger partial charge in [0.15, 0.2) is 0 Å². The summed E-state index contributed by atoms with van der Waals surface area (Å²) in [4.78, 5) is 1.55. The fourth-order valence-corrected chi connectivity index (χ4v) is 1.95. The standard InChI is InChI=1S/C10H23NO6S.Li/c1-3-9(12)6-11(4-5-18(14,15)16)7-10(13)8-17-2;/h9-10,12-13H,3-8H2,1-2H3,(H,14,15,16);/q;+1/p-1. The van der Waals surface area contributed by atoms with Crippen LogP contribution in [0, 0.1) is 0 Å². The Labute approximate surface area is 126 Å². The molecule has 0 bridgehead atoms. The molecule has 0 fully saturated rings. The van der Waals surface area contributed by atoms with E-state index in [0.29, 0.717) is 6.42 Å². The number of methoxy groups -OCH3 is 1. The first-order chi connectivity index (χ1) is 8.28. The van der Waals surface area contributed by atoms with Gasteiger partial charge in [0, 0.05) is 26.7 Å². The Hall–Kier alpha value is 0.347. The van der Waals surface area contributed by atoms with Crippen molar-refractivity contribution in [2.75, 3.05) is 39.1 Å². The van der Waals surface area contributed by atoms with Gasteiger partial charge >= 0.3 is 18.9 Å². The van der Waals surface area contributed by atoms with Crippen LogP contribution in [0.25, 0.3) is 0 Å². The van der Waals surface area contributed by atoms with Crippen LogP contribution in [-0.4, -0.2) is 79.4 Å². The van der Waals surface area contributed by atoms with Gasteiger partial charge < -0.3 is 19.5 Å². The molecular formula is C10H22LiNO6S. The van der Waals surface area contributed by atoms with Gasteiger partial charge in [-0.2, -0.15) is 0 Å². The number of aliphatic hydroxyl groups excluding tert-OH is 2. The van der Waals surface area contributed by atoms with Gasteiger partial charge in [-0.25, -0.2) is 8.42 Å². The monoisotopic (exact) mass is 291 g/mol. The van der Waals surface area contributed by atoms with Gasteiger partial charge in [-0.15, -0.1) is 0 Å². The molecule has 0 aliphatic heterocycles. The van der Waals surface area contributed by atoms with E-state index in [4.69, 9.17) is 4.74 Å². The van der Waals surface area contributed by atoms with Crippen molar-refractivity contribution >= 4 is 10.1 Å². The van der Waals surface area contributed by atoms with E-state index in [2.05, 4.69) is 0 Å². The van der Waals surface area contributed by atoms with E-state index in [1.807, 2.05) is 0 Å². The fraction of sp³-hybridized carbons (Fsp3) is 1.00. The van der Waals surface area contributed by atoms with Crippen LogP contribution in [0.1, 0.15) is 13.3 Å². The van der Waals surface area contributed by atoms with Crippen molar-refractivity contribution in [3.63, 3.8) is 0 Å². The number of rotatable bonds is 10. The second-order valence-electron chi connectivity index (χ2n) is 4.19. The first-order valence-corrected chi connectivity index (χ1v) is 7.37. The maximum atomic E-state index is 10.6. The van der Waals surface area contributed by atoms with Crippen LogP contribution in [-0.2, 0) is 14.9 Å². The summed E-state index contributed by atoms with van der Waals surface area (Å²) in [5.41, 5.74) is 0. The molecule has 0 aliphatic rings. The van der Waals surface area contributed by atoms with Crippen LogP contribution in [0.2, 0.25) is 0 Å². The van der Waals surface area contributed by atoms with Gasteiger partial charge in [0.25, 0.3) is 0 Å². The van der Waals surface area contributed by atoms with Crippen LogP contribution < -0.4 is 18.9 Å². The number of nitrogens with zero attached hydrogens (tertiary/aromatic N) is 1. The predicted molar refractivity (Wildman–Crippen MR) is 65.2 cm³/mol. The zero-order valence-electron chi connectivity index (χ0n) is 11.8. The van der Waals surface area contributed by atoms with E-state index < -0.39 is 28.1 Å². The second kappa shape index (κ2) is 11.1. The SMILES string of the molecule is CCC(O)CN(CCS(=O)(=O)[O-])CC(O)COC.[Li+]. The Morgan fingerprint density at radius 3 is 2.21 bits per heavy atom. The van der Waals surface area contributed by atoms with Crippen LogP contribution in [0.15, 0.2) is 0 Å². The Kier molecular flexibility index (Phi) is 12.6. The van der Waals surface area contributed by atoms with Gasteiger partial charge in [-0.1, -0.05) is 6.92 Å². The third kappa shape index (κ3) is 13.1. The first kappa shape index (κ1) is 21.6. The van der Waals surface area contributed by atoms with Crippen molar-refractivity contribution < 1.29 is 46.8 Å². The predicted octanol–water partition coefficient (Wildman–Crippen LogP) is -4.38. The Balaban J connectivity index is 0. The smallest absolute Gasteiger partial charge is 0.748 e. The quantitative estimate of drug-likeness (QED) is 0.309. The zero-order chi connectivity index (χ0) is 14.2. The van der Waals surface area contributed by atoms with Crippen molar-refractivity contribution in [2.24, 2.45) is 0 Å². The van der Waals surface area contributed by atoms with Crippen molar-refractivity contribution in [1.29, 1.82) is 0 Å². The molecule has 0 aromatic rings. The molecule has 0 aliphatic carbocycles. The molecule has 110 valence electrons. The molecule has 0 aromatic heterocycles. The molecule has 0 heterocycles. The van der Waals surface area contributed by atoms with E-state index in [9.17, 15) is 23.2 Å². The molecule has 0 radical (unpaired) electrons. The number of hydrogen-bond donors (Lipinski definition) is 2. The van der Waals surface area contributed by atoms with Gasteiger partial charge in [-0.05, 0) is 6.42 Å². The van der Waals surface area contributed by atoms with Crippen LogP contribution in [0.3, 0.4) is 0 Å².